The van der Waals surface area contributed by atoms with E-state index in [4.69, 9.17) is 4.52 Å². The lowest BCUT2D eigenvalue weighted by molar-refractivity contribution is 0.365. The zero-order chi connectivity index (χ0) is 11.4. The van der Waals surface area contributed by atoms with E-state index < -0.39 is 0 Å². The van der Waals surface area contributed by atoms with Crippen LogP contribution in [0.25, 0.3) is 0 Å². The monoisotopic (exact) mass is 220 g/mol. The molecule has 0 spiro atoms. The van der Waals surface area contributed by atoms with Crippen molar-refractivity contribution in [3.05, 3.63) is 35.7 Å². The van der Waals surface area contributed by atoms with E-state index in [0.717, 1.165) is 18.8 Å². The number of aromatic nitrogens is 3. The van der Waals surface area contributed by atoms with Gasteiger partial charge in [-0.2, -0.15) is 4.98 Å². The highest BCUT2D eigenvalue weighted by Crippen LogP contribution is 2.06. The second-order valence-corrected chi connectivity index (χ2v) is 3.62. The molecular weight excluding hydrogens is 204 g/mol. The van der Waals surface area contributed by atoms with Crippen molar-refractivity contribution in [3.63, 3.8) is 0 Å². The van der Waals surface area contributed by atoms with Crippen molar-refractivity contribution in [2.45, 2.75) is 26.4 Å². The fraction of sp³-hybridized carbons (Fsp3) is 0.455. The van der Waals surface area contributed by atoms with Crippen molar-refractivity contribution in [1.29, 1.82) is 0 Å². The lowest BCUT2D eigenvalue weighted by Crippen LogP contribution is -2.11. The Morgan fingerprint density at radius 3 is 3.06 bits per heavy atom. The molecule has 1 N–H and O–H groups in total. The minimum Gasteiger partial charge on any atom is -0.341 e. The zero-order valence-electron chi connectivity index (χ0n) is 9.60. The maximum atomic E-state index is 5.16. The average molecular weight is 220 g/mol. The Balaban J connectivity index is 2.10. The van der Waals surface area contributed by atoms with Crippen LogP contribution in [0.1, 0.15) is 24.3 Å². The fourth-order valence-corrected chi connectivity index (χ4v) is 1.59. The van der Waals surface area contributed by atoms with E-state index in [2.05, 4.69) is 26.1 Å². The van der Waals surface area contributed by atoms with E-state index >= 15 is 0 Å². The molecule has 5 heteroatoms. The van der Waals surface area contributed by atoms with Crippen LogP contribution in [-0.4, -0.2) is 21.8 Å². The first-order valence-electron chi connectivity index (χ1n) is 5.43. The number of nitrogens with one attached hydrogen (secondary N) is 1. The van der Waals surface area contributed by atoms with Crippen molar-refractivity contribution in [2.75, 3.05) is 7.05 Å². The summed E-state index contributed by atoms with van der Waals surface area (Å²) in [4.78, 5) is 4.29. The molecule has 0 aromatic carbocycles. The molecule has 2 aromatic rings. The lowest BCUT2D eigenvalue weighted by atomic mass is 10.4. The second-order valence-electron chi connectivity index (χ2n) is 3.62. The van der Waals surface area contributed by atoms with E-state index in [9.17, 15) is 0 Å². The third-order valence-electron chi connectivity index (χ3n) is 2.41. The summed E-state index contributed by atoms with van der Waals surface area (Å²) >= 11 is 0. The summed E-state index contributed by atoms with van der Waals surface area (Å²) in [5, 5.41) is 7.00. The summed E-state index contributed by atoms with van der Waals surface area (Å²) in [5.41, 5.74) is 1.21. The first kappa shape index (κ1) is 10.9. The van der Waals surface area contributed by atoms with Crippen LogP contribution in [0.5, 0.6) is 0 Å². The molecule has 16 heavy (non-hydrogen) atoms. The Bertz CT molecular complexity index is 446. The topological polar surface area (TPSA) is 55.9 Å². The Morgan fingerprint density at radius 2 is 2.38 bits per heavy atom. The molecule has 2 aromatic heterocycles. The molecule has 86 valence electrons. The van der Waals surface area contributed by atoms with Crippen LogP contribution in [0.4, 0.5) is 0 Å². The largest absolute Gasteiger partial charge is 0.341 e. The van der Waals surface area contributed by atoms with E-state index in [-0.39, 0.29) is 0 Å². The van der Waals surface area contributed by atoms with Gasteiger partial charge in [-0.15, -0.1) is 0 Å². The van der Waals surface area contributed by atoms with Crippen LogP contribution in [0.3, 0.4) is 0 Å². The summed E-state index contributed by atoms with van der Waals surface area (Å²) in [5.74, 6) is 1.42. The van der Waals surface area contributed by atoms with Crippen LogP contribution in [0.15, 0.2) is 22.9 Å². The molecule has 0 radical (unpaired) electrons. The molecule has 5 nitrogen and oxygen atoms in total. The predicted octanol–water partition coefficient (Wildman–Crippen LogP) is 1.20. The van der Waals surface area contributed by atoms with Crippen LogP contribution in [0, 0.1) is 0 Å². The van der Waals surface area contributed by atoms with Gasteiger partial charge >= 0.3 is 0 Å². The Kier molecular flexibility index (Phi) is 3.36. The Labute approximate surface area is 94.5 Å². The molecule has 0 aliphatic rings. The molecule has 0 bridgehead atoms. The van der Waals surface area contributed by atoms with Gasteiger partial charge < -0.3 is 14.4 Å². The molecule has 0 saturated heterocycles. The van der Waals surface area contributed by atoms with E-state index in [1.807, 2.05) is 26.2 Å². The van der Waals surface area contributed by atoms with Crippen molar-refractivity contribution in [1.82, 2.24) is 20.0 Å². The molecule has 0 fully saturated rings. The Morgan fingerprint density at radius 1 is 1.50 bits per heavy atom. The Hall–Kier alpha value is -1.62. The highest BCUT2D eigenvalue weighted by atomic mass is 16.5. The van der Waals surface area contributed by atoms with Gasteiger partial charge in [0.05, 0.1) is 0 Å². The van der Waals surface area contributed by atoms with Crippen LogP contribution in [0.2, 0.25) is 0 Å². The van der Waals surface area contributed by atoms with Crippen molar-refractivity contribution >= 4 is 0 Å². The summed E-state index contributed by atoms with van der Waals surface area (Å²) < 4.78 is 7.26. The molecule has 0 saturated carbocycles. The second kappa shape index (κ2) is 4.94. The molecule has 2 rings (SSSR count). The fourth-order valence-electron chi connectivity index (χ4n) is 1.59. The minimum absolute atomic E-state index is 0.636. The molecule has 0 aliphatic carbocycles. The van der Waals surface area contributed by atoms with Gasteiger partial charge in [-0.25, -0.2) is 0 Å². The van der Waals surface area contributed by atoms with Gasteiger partial charge in [0.2, 0.25) is 5.89 Å². The summed E-state index contributed by atoms with van der Waals surface area (Å²) in [6.07, 6.45) is 2.82. The molecule has 0 aliphatic heterocycles. The van der Waals surface area contributed by atoms with Crippen molar-refractivity contribution < 1.29 is 4.52 Å². The maximum absolute atomic E-state index is 5.16. The highest BCUT2D eigenvalue weighted by Gasteiger charge is 2.07. The predicted molar refractivity (Wildman–Crippen MR) is 60.0 cm³/mol. The third kappa shape index (κ3) is 2.30. The maximum Gasteiger partial charge on any atom is 0.246 e. The molecular formula is C11H16N4O. The third-order valence-corrected chi connectivity index (χ3v) is 2.41. The van der Waals surface area contributed by atoms with E-state index in [0.29, 0.717) is 12.4 Å². The smallest absolute Gasteiger partial charge is 0.246 e. The highest BCUT2D eigenvalue weighted by molar-refractivity contribution is 5.08. The number of hydrogen-bond donors (Lipinski definition) is 1. The molecule has 0 unspecified atom stereocenters. The standard InChI is InChI=1S/C11H16N4O/c1-3-10-13-11(16-14-10)8-15-6-4-5-9(15)7-12-2/h4-6,12H,3,7-8H2,1-2H3. The summed E-state index contributed by atoms with van der Waals surface area (Å²) in [6, 6.07) is 4.09. The van der Waals surface area contributed by atoms with Gasteiger partial charge in [-0.1, -0.05) is 12.1 Å². The van der Waals surface area contributed by atoms with E-state index in [1.165, 1.54) is 5.69 Å². The SMILES string of the molecule is CCc1noc(Cn2cccc2CNC)n1. The van der Waals surface area contributed by atoms with Crippen LogP contribution in [-0.2, 0) is 19.5 Å². The number of nitrogens with zero attached hydrogens (tertiary/aromatic N) is 3. The molecule has 2 heterocycles. The van der Waals surface area contributed by atoms with Crippen molar-refractivity contribution in [2.24, 2.45) is 0 Å². The number of aryl methyl sites for hydroxylation is 1. The van der Waals surface area contributed by atoms with Crippen LogP contribution < -0.4 is 5.32 Å². The van der Waals surface area contributed by atoms with E-state index in [1.54, 1.807) is 0 Å². The van der Waals surface area contributed by atoms with Crippen molar-refractivity contribution in [3.8, 4) is 0 Å². The van der Waals surface area contributed by atoms with Gasteiger partial charge in [-0.3, -0.25) is 0 Å². The van der Waals surface area contributed by atoms with Gasteiger partial charge in [0.15, 0.2) is 5.82 Å². The van der Waals surface area contributed by atoms with Gasteiger partial charge in [-0.05, 0) is 19.2 Å². The normalized spacial score (nSPS) is 10.9. The summed E-state index contributed by atoms with van der Waals surface area (Å²) in [7, 11) is 1.93. The van der Waals surface area contributed by atoms with Gasteiger partial charge in [0.25, 0.3) is 0 Å². The van der Waals surface area contributed by atoms with Gasteiger partial charge in [0, 0.05) is 24.9 Å². The number of rotatable bonds is 5. The number of hydrogen-bond acceptors (Lipinski definition) is 4. The average Bonchev–Trinajstić information content (AvgIpc) is 2.90. The summed E-state index contributed by atoms with van der Waals surface area (Å²) in [6.45, 7) is 3.48. The first-order chi connectivity index (χ1) is 7.83. The lowest BCUT2D eigenvalue weighted by Gasteiger charge is -2.05. The molecule has 0 atom stereocenters. The van der Waals surface area contributed by atoms with Gasteiger partial charge in [0.1, 0.15) is 6.54 Å². The quantitative estimate of drug-likeness (QED) is 0.822. The zero-order valence-corrected chi connectivity index (χ0v) is 9.60. The van der Waals surface area contributed by atoms with Crippen LogP contribution >= 0.6 is 0 Å². The molecule has 0 amide bonds. The first-order valence-corrected chi connectivity index (χ1v) is 5.43. The minimum atomic E-state index is 0.636.